The molecule has 4 atom stereocenters. The van der Waals surface area contributed by atoms with Crippen LogP contribution < -0.4 is 10.6 Å². The average molecular weight is 349 g/mol. The zero-order valence-electron chi connectivity index (χ0n) is 14.9. The van der Waals surface area contributed by atoms with E-state index in [1.165, 1.54) is 16.8 Å². The molecule has 0 spiro atoms. The third-order valence-corrected chi connectivity index (χ3v) is 5.66. The largest absolute Gasteiger partial charge is 0.382 e. The van der Waals surface area contributed by atoms with E-state index < -0.39 is 6.04 Å². The van der Waals surface area contributed by atoms with E-state index in [4.69, 9.17) is 4.74 Å². The van der Waals surface area contributed by atoms with Gasteiger partial charge in [-0.2, -0.15) is 0 Å². The van der Waals surface area contributed by atoms with Gasteiger partial charge in [-0.3, -0.25) is 14.9 Å². The molecule has 3 aliphatic rings. The van der Waals surface area contributed by atoms with Crippen molar-refractivity contribution in [2.75, 3.05) is 7.11 Å². The molecule has 138 valence electrons. The van der Waals surface area contributed by atoms with Crippen LogP contribution in [0.1, 0.15) is 51.9 Å². The number of allylic oxidation sites excluding steroid dienone is 1. The molecule has 7 heteroatoms. The Morgan fingerprint density at radius 3 is 2.84 bits per heavy atom. The monoisotopic (exact) mass is 349 g/mol. The van der Waals surface area contributed by atoms with Gasteiger partial charge in [-0.25, -0.2) is 0 Å². The number of hydrogen-bond donors (Lipinski definition) is 2. The maximum atomic E-state index is 11.3. The van der Waals surface area contributed by atoms with Gasteiger partial charge in [0.1, 0.15) is 6.10 Å². The van der Waals surface area contributed by atoms with Gasteiger partial charge in [0, 0.05) is 49.6 Å². The number of rotatable bonds is 4. The van der Waals surface area contributed by atoms with Crippen molar-refractivity contribution < 1.29 is 14.5 Å². The number of amides is 1. The highest BCUT2D eigenvalue weighted by Crippen LogP contribution is 2.35. The van der Waals surface area contributed by atoms with Crippen LogP contribution >= 0.6 is 0 Å². The third kappa shape index (κ3) is 4.03. The second kappa shape index (κ2) is 7.56. The van der Waals surface area contributed by atoms with Crippen LogP contribution in [0.2, 0.25) is 0 Å². The van der Waals surface area contributed by atoms with Crippen molar-refractivity contribution in [2.24, 2.45) is 0 Å². The van der Waals surface area contributed by atoms with Crippen molar-refractivity contribution in [3.8, 4) is 0 Å². The number of nitro groups is 1. The van der Waals surface area contributed by atoms with Crippen molar-refractivity contribution >= 4 is 5.91 Å². The lowest BCUT2D eigenvalue weighted by Gasteiger charge is -2.38. The topological polar surface area (TPSA) is 93.5 Å². The molecule has 1 amide bonds. The Balaban J connectivity index is 1.64. The molecule has 2 aliphatic carbocycles. The maximum Gasteiger partial charge on any atom is 0.242 e. The molecule has 7 nitrogen and oxygen atoms in total. The third-order valence-electron chi connectivity index (χ3n) is 5.66. The fourth-order valence-corrected chi connectivity index (χ4v) is 4.36. The number of ether oxygens (including phenoxy) is 1. The summed E-state index contributed by atoms with van der Waals surface area (Å²) in [5.41, 5.74) is 3.97. The van der Waals surface area contributed by atoms with Gasteiger partial charge in [0.05, 0.1) is 0 Å². The molecule has 2 unspecified atom stereocenters. The van der Waals surface area contributed by atoms with Crippen LogP contribution in [0.25, 0.3) is 0 Å². The van der Waals surface area contributed by atoms with Gasteiger partial charge >= 0.3 is 0 Å². The Morgan fingerprint density at radius 2 is 2.16 bits per heavy atom. The highest BCUT2D eigenvalue weighted by molar-refractivity contribution is 5.73. The molecular weight excluding hydrogens is 322 g/mol. The predicted octanol–water partition coefficient (Wildman–Crippen LogP) is 2.06. The van der Waals surface area contributed by atoms with E-state index in [1.807, 2.05) is 6.08 Å². The summed E-state index contributed by atoms with van der Waals surface area (Å²) in [4.78, 5) is 22.2. The number of carbonyl (C=O) groups is 1. The molecule has 0 radical (unpaired) electrons. The zero-order valence-corrected chi connectivity index (χ0v) is 14.9. The second-order valence-electron chi connectivity index (χ2n) is 7.30. The minimum Gasteiger partial charge on any atom is -0.382 e. The van der Waals surface area contributed by atoms with Crippen molar-refractivity contribution in [3.05, 3.63) is 33.0 Å². The molecule has 0 aromatic carbocycles. The molecule has 3 rings (SSSR count). The van der Waals surface area contributed by atoms with Crippen LogP contribution in [-0.4, -0.2) is 42.2 Å². The number of nitrogens with one attached hydrogen (secondary N) is 2. The van der Waals surface area contributed by atoms with E-state index >= 15 is 0 Å². The SMILES string of the molecule is CO[C@@H]1CC(C2CCC3=C(CCC(NC(C)=O)C3)N2)=CC[C@@H]1[N+](=O)[O-]. The van der Waals surface area contributed by atoms with Gasteiger partial charge in [0.2, 0.25) is 11.9 Å². The van der Waals surface area contributed by atoms with Crippen LogP contribution in [-0.2, 0) is 9.53 Å². The number of nitrogens with zero attached hydrogens (tertiary/aromatic N) is 1. The quantitative estimate of drug-likeness (QED) is 0.460. The fraction of sp³-hybridized carbons (Fsp3) is 0.722. The fourth-order valence-electron chi connectivity index (χ4n) is 4.36. The molecule has 0 bridgehead atoms. The van der Waals surface area contributed by atoms with Crippen LogP contribution in [0.15, 0.2) is 22.9 Å². The predicted molar refractivity (Wildman–Crippen MR) is 93.5 cm³/mol. The highest BCUT2D eigenvalue weighted by atomic mass is 16.6. The van der Waals surface area contributed by atoms with E-state index in [0.717, 1.165) is 32.1 Å². The Kier molecular flexibility index (Phi) is 5.42. The molecule has 0 saturated carbocycles. The smallest absolute Gasteiger partial charge is 0.242 e. The van der Waals surface area contributed by atoms with E-state index in [9.17, 15) is 14.9 Å². The van der Waals surface area contributed by atoms with Crippen LogP contribution in [0.4, 0.5) is 0 Å². The van der Waals surface area contributed by atoms with Crippen LogP contribution in [0.5, 0.6) is 0 Å². The molecule has 1 heterocycles. The normalized spacial score (nSPS) is 32.3. The Hall–Kier alpha value is -1.89. The van der Waals surface area contributed by atoms with Crippen molar-refractivity contribution in [1.82, 2.24) is 10.6 Å². The summed E-state index contributed by atoms with van der Waals surface area (Å²) >= 11 is 0. The van der Waals surface area contributed by atoms with Crippen molar-refractivity contribution in [1.29, 1.82) is 0 Å². The first kappa shape index (κ1) is 17.9. The standard InChI is InChI=1S/C18H27N3O4/c1-11(22)19-14-5-7-16-12(9-14)3-6-15(20-16)13-4-8-17(21(23)24)18(10-13)25-2/h4,14-15,17-18,20H,3,5-10H2,1-2H3,(H,19,22)/t14?,15?,17-,18+/m0/s1. The lowest BCUT2D eigenvalue weighted by molar-refractivity contribution is -0.534. The van der Waals surface area contributed by atoms with Crippen LogP contribution in [0.3, 0.4) is 0 Å². The highest BCUT2D eigenvalue weighted by Gasteiger charge is 2.37. The molecule has 0 fully saturated rings. The van der Waals surface area contributed by atoms with E-state index in [0.29, 0.717) is 12.8 Å². The summed E-state index contributed by atoms with van der Waals surface area (Å²) in [5.74, 6) is 0.0361. The number of hydrogen-bond acceptors (Lipinski definition) is 5. The Bertz CT molecular complexity index is 613. The first-order valence-electron chi connectivity index (χ1n) is 9.07. The van der Waals surface area contributed by atoms with Gasteiger partial charge in [-0.15, -0.1) is 0 Å². The van der Waals surface area contributed by atoms with Gasteiger partial charge in [-0.05, 0) is 43.3 Å². The summed E-state index contributed by atoms with van der Waals surface area (Å²) in [6.07, 6.45) is 7.62. The van der Waals surface area contributed by atoms with Crippen LogP contribution in [0, 0.1) is 10.1 Å². The lowest BCUT2D eigenvalue weighted by atomic mass is 9.81. The van der Waals surface area contributed by atoms with Crippen molar-refractivity contribution in [2.45, 2.75) is 76.1 Å². The minimum absolute atomic E-state index is 0.0361. The van der Waals surface area contributed by atoms with Crippen molar-refractivity contribution in [3.63, 3.8) is 0 Å². The van der Waals surface area contributed by atoms with E-state index in [-0.39, 0.29) is 29.0 Å². The van der Waals surface area contributed by atoms with Gasteiger partial charge in [-0.1, -0.05) is 6.08 Å². The minimum atomic E-state index is -0.639. The van der Waals surface area contributed by atoms with Gasteiger partial charge < -0.3 is 15.4 Å². The Morgan fingerprint density at radius 1 is 1.36 bits per heavy atom. The second-order valence-corrected chi connectivity index (χ2v) is 7.30. The van der Waals surface area contributed by atoms with Gasteiger partial charge in [0.15, 0.2) is 0 Å². The first-order chi connectivity index (χ1) is 12.0. The zero-order chi connectivity index (χ0) is 18.0. The summed E-state index contributed by atoms with van der Waals surface area (Å²) in [5, 5.41) is 17.8. The molecule has 25 heavy (non-hydrogen) atoms. The molecular formula is C18H27N3O4. The van der Waals surface area contributed by atoms with Gasteiger partial charge in [0.25, 0.3) is 0 Å². The summed E-state index contributed by atoms with van der Waals surface area (Å²) in [7, 11) is 1.56. The van der Waals surface area contributed by atoms with E-state index in [2.05, 4.69) is 10.6 Å². The Labute approximate surface area is 148 Å². The first-order valence-corrected chi connectivity index (χ1v) is 9.07. The molecule has 0 saturated heterocycles. The summed E-state index contributed by atoms with van der Waals surface area (Å²) < 4.78 is 5.38. The summed E-state index contributed by atoms with van der Waals surface area (Å²) in [6, 6.07) is -0.135. The molecule has 2 N–H and O–H groups in total. The summed E-state index contributed by atoms with van der Waals surface area (Å²) in [6.45, 7) is 1.57. The molecule has 0 aromatic rings. The molecule has 1 aliphatic heterocycles. The average Bonchev–Trinajstić information content (AvgIpc) is 2.60. The maximum absolute atomic E-state index is 11.3. The van der Waals surface area contributed by atoms with E-state index in [1.54, 1.807) is 14.0 Å². The number of methoxy groups -OCH3 is 1. The number of carbonyl (C=O) groups excluding carboxylic acids is 1. The lowest BCUT2D eigenvalue weighted by Crippen LogP contribution is -2.44. The molecule has 0 aromatic heterocycles.